The highest BCUT2D eigenvalue weighted by Crippen LogP contribution is 2.20. The van der Waals surface area contributed by atoms with Crippen LogP contribution in [0.4, 0.5) is 4.39 Å². The van der Waals surface area contributed by atoms with E-state index in [2.05, 4.69) is 4.90 Å². The molecule has 0 saturated carbocycles. The number of likely N-dealkylation sites (tertiary alicyclic amines) is 1. The van der Waals surface area contributed by atoms with Gasteiger partial charge >= 0.3 is 0 Å². The van der Waals surface area contributed by atoms with E-state index in [9.17, 15) is 9.50 Å². The summed E-state index contributed by atoms with van der Waals surface area (Å²) in [5.74, 6) is -0.309. The monoisotopic (exact) mass is 223 g/mol. The van der Waals surface area contributed by atoms with Gasteiger partial charge in [-0.15, -0.1) is 0 Å². The molecule has 1 aromatic rings. The summed E-state index contributed by atoms with van der Waals surface area (Å²) in [6.07, 6.45) is 2.42. The number of aliphatic hydroxyl groups excluding tert-OH is 1. The quantitative estimate of drug-likeness (QED) is 0.847. The van der Waals surface area contributed by atoms with Crippen LogP contribution < -0.4 is 0 Å². The van der Waals surface area contributed by atoms with Gasteiger partial charge < -0.3 is 10.0 Å². The standard InChI is InChI=1S/C13H18FNO/c14-12-6-2-1-5-11(12)13(16)7-10-15-8-3-4-9-15/h1-2,5-6,13,16H,3-4,7-10H2. The molecule has 1 aliphatic rings. The van der Waals surface area contributed by atoms with E-state index in [0.29, 0.717) is 12.0 Å². The van der Waals surface area contributed by atoms with Crippen molar-refractivity contribution in [2.45, 2.75) is 25.4 Å². The maximum Gasteiger partial charge on any atom is 0.128 e. The molecule has 1 atom stereocenters. The van der Waals surface area contributed by atoms with Gasteiger partial charge in [-0.3, -0.25) is 0 Å². The maximum absolute atomic E-state index is 13.4. The second-order valence-corrected chi connectivity index (χ2v) is 4.37. The molecular formula is C13H18FNO. The van der Waals surface area contributed by atoms with Gasteiger partial charge in [-0.25, -0.2) is 4.39 Å². The lowest BCUT2D eigenvalue weighted by molar-refractivity contribution is 0.145. The highest BCUT2D eigenvalue weighted by atomic mass is 19.1. The average molecular weight is 223 g/mol. The van der Waals surface area contributed by atoms with Gasteiger partial charge in [0.05, 0.1) is 6.10 Å². The minimum absolute atomic E-state index is 0.309. The summed E-state index contributed by atoms with van der Waals surface area (Å²) in [6, 6.07) is 6.46. The molecule has 0 bridgehead atoms. The molecule has 2 nitrogen and oxygen atoms in total. The van der Waals surface area contributed by atoms with Crippen molar-refractivity contribution < 1.29 is 9.50 Å². The predicted octanol–water partition coefficient (Wildman–Crippen LogP) is 2.35. The summed E-state index contributed by atoms with van der Waals surface area (Å²) in [5.41, 5.74) is 0.418. The van der Waals surface area contributed by atoms with Gasteiger partial charge in [0.1, 0.15) is 5.82 Å². The van der Waals surface area contributed by atoms with Gasteiger partial charge in [-0.2, -0.15) is 0 Å². The first-order valence-electron chi connectivity index (χ1n) is 5.92. The van der Waals surface area contributed by atoms with Crippen LogP contribution in [0.5, 0.6) is 0 Å². The van der Waals surface area contributed by atoms with E-state index in [1.807, 2.05) is 0 Å². The van der Waals surface area contributed by atoms with Crippen LogP contribution in [-0.4, -0.2) is 29.6 Å². The molecule has 1 N–H and O–H groups in total. The van der Waals surface area contributed by atoms with Crippen molar-refractivity contribution in [2.24, 2.45) is 0 Å². The Bertz CT molecular complexity index is 336. The molecule has 0 radical (unpaired) electrons. The lowest BCUT2D eigenvalue weighted by Crippen LogP contribution is -2.22. The van der Waals surface area contributed by atoms with Gasteiger partial charge in [-0.05, 0) is 38.4 Å². The largest absolute Gasteiger partial charge is 0.388 e. The number of halogens is 1. The molecule has 1 fully saturated rings. The third-order valence-electron chi connectivity index (χ3n) is 3.18. The Morgan fingerprint density at radius 2 is 1.94 bits per heavy atom. The van der Waals surface area contributed by atoms with Gasteiger partial charge in [0.2, 0.25) is 0 Å². The summed E-state index contributed by atoms with van der Waals surface area (Å²) >= 11 is 0. The Morgan fingerprint density at radius 1 is 1.25 bits per heavy atom. The summed E-state index contributed by atoms with van der Waals surface area (Å²) < 4.78 is 13.4. The zero-order valence-corrected chi connectivity index (χ0v) is 9.40. The van der Waals surface area contributed by atoms with E-state index in [1.165, 1.54) is 18.9 Å². The Morgan fingerprint density at radius 3 is 2.62 bits per heavy atom. The predicted molar refractivity (Wildman–Crippen MR) is 61.7 cm³/mol. The molecule has 88 valence electrons. The van der Waals surface area contributed by atoms with Crippen LogP contribution in [0.1, 0.15) is 30.9 Å². The van der Waals surface area contributed by atoms with Gasteiger partial charge in [0, 0.05) is 12.1 Å². The summed E-state index contributed by atoms with van der Waals surface area (Å²) in [5, 5.41) is 9.90. The zero-order valence-electron chi connectivity index (χ0n) is 9.40. The third-order valence-corrected chi connectivity index (χ3v) is 3.18. The van der Waals surface area contributed by atoms with E-state index >= 15 is 0 Å². The summed E-state index contributed by atoms with van der Waals surface area (Å²) in [4.78, 5) is 2.32. The Hall–Kier alpha value is -0.930. The fraction of sp³-hybridized carbons (Fsp3) is 0.538. The van der Waals surface area contributed by atoms with Crippen LogP contribution in [0.3, 0.4) is 0 Å². The molecule has 16 heavy (non-hydrogen) atoms. The van der Waals surface area contributed by atoms with Crippen molar-refractivity contribution >= 4 is 0 Å². The number of rotatable bonds is 4. The van der Waals surface area contributed by atoms with Crippen LogP contribution in [0.25, 0.3) is 0 Å². The summed E-state index contributed by atoms with van der Waals surface area (Å²) in [7, 11) is 0. The van der Waals surface area contributed by atoms with Crippen LogP contribution in [0.2, 0.25) is 0 Å². The Balaban J connectivity index is 1.87. The molecule has 1 aromatic carbocycles. The molecule has 2 rings (SSSR count). The van der Waals surface area contributed by atoms with Crippen LogP contribution in [0, 0.1) is 5.82 Å². The number of hydrogen-bond donors (Lipinski definition) is 1. The molecule has 0 amide bonds. The van der Waals surface area contributed by atoms with Gasteiger partial charge in [0.25, 0.3) is 0 Å². The lowest BCUT2D eigenvalue weighted by Gasteiger charge is -2.17. The molecule has 3 heteroatoms. The second kappa shape index (κ2) is 5.41. The molecule has 0 aromatic heterocycles. The molecule has 1 saturated heterocycles. The first-order valence-corrected chi connectivity index (χ1v) is 5.92. The lowest BCUT2D eigenvalue weighted by atomic mass is 10.1. The zero-order chi connectivity index (χ0) is 11.4. The number of benzene rings is 1. The van der Waals surface area contributed by atoms with Gasteiger partial charge in [-0.1, -0.05) is 18.2 Å². The molecule has 0 aliphatic carbocycles. The van der Waals surface area contributed by atoms with Gasteiger partial charge in [0.15, 0.2) is 0 Å². The topological polar surface area (TPSA) is 23.5 Å². The highest BCUT2D eigenvalue weighted by molar-refractivity contribution is 5.19. The minimum atomic E-state index is -0.679. The van der Waals surface area contributed by atoms with E-state index in [1.54, 1.807) is 18.2 Å². The fourth-order valence-electron chi connectivity index (χ4n) is 2.21. The molecule has 0 spiro atoms. The smallest absolute Gasteiger partial charge is 0.128 e. The van der Waals surface area contributed by atoms with Crippen LogP contribution in [0.15, 0.2) is 24.3 Å². The number of aliphatic hydroxyl groups is 1. The van der Waals surface area contributed by atoms with Crippen molar-refractivity contribution in [2.75, 3.05) is 19.6 Å². The van der Waals surface area contributed by atoms with Crippen molar-refractivity contribution in [3.63, 3.8) is 0 Å². The highest BCUT2D eigenvalue weighted by Gasteiger charge is 2.16. The Kier molecular flexibility index (Phi) is 3.91. The molecular weight excluding hydrogens is 205 g/mol. The normalized spacial score (nSPS) is 18.9. The maximum atomic E-state index is 13.4. The number of nitrogens with zero attached hydrogens (tertiary/aromatic N) is 1. The second-order valence-electron chi connectivity index (χ2n) is 4.37. The van der Waals surface area contributed by atoms with Crippen molar-refractivity contribution in [1.82, 2.24) is 4.90 Å². The fourth-order valence-corrected chi connectivity index (χ4v) is 2.21. The SMILES string of the molecule is OC(CCN1CCCC1)c1ccccc1F. The number of hydrogen-bond acceptors (Lipinski definition) is 2. The van der Waals surface area contributed by atoms with E-state index in [4.69, 9.17) is 0 Å². The van der Waals surface area contributed by atoms with E-state index < -0.39 is 6.10 Å². The van der Waals surface area contributed by atoms with E-state index in [-0.39, 0.29) is 5.82 Å². The van der Waals surface area contributed by atoms with E-state index in [0.717, 1.165) is 19.6 Å². The molecule has 1 heterocycles. The van der Waals surface area contributed by atoms with Crippen molar-refractivity contribution in [1.29, 1.82) is 0 Å². The molecule has 1 aliphatic heterocycles. The minimum Gasteiger partial charge on any atom is -0.388 e. The third kappa shape index (κ3) is 2.80. The molecule has 1 unspecified atom stereocenters. The van der Waals surface area contributed by atoms with Crippen molar-refractivity contribution in [3.05, 3.63) is 35.6 Å². The Labute approximate surface area is 95.7 Å². The van der Waals surface area contributed by atoms with Crippen LogP contribution in [-0.2, 0) is 0 Å². The summed E-state index contributed by atoms with van der Waals surface area (Å²) in [6.45, 7) is 3.09. The van der Waals surface area contributed by atoms with Crippen LogP contribution >= 0.6 is 0 Å². The average Bonchev–Trinajstić information content (AvgIpc) is 2.79. The first kappa shape index (κ1) is 11.6. The first-order chi connectivity index (χ1) is 7.77. The van der Waals surface area contributed by atoms with Crippen molar-refractivity contribution in [3.8, 4) is 0 Å².